The number of hydrogen-bond donors (Lipinski definition) is 2. The summed E-state index contributed by atoms with van der Waals surface area (Å²) < 4.78 is 19.9. The number of halogens is 1. The van der Waals surface area contributed by atoms with E-state index in [0.29, 0.717) is 36.2 Å². The van der Waals surface area contributed by atoms with Gasteiger partial charge in [0.2, 0.25) is 0 Å². The van der Waals surface area contributed by atoms with Crippen molar-refractivity contribution in [1.82, 2.24) is 30.2 Å². The fourth-order valence-corrected chi connectivity index (χ4v) is 3.60. The molecule has 0 bridgehead atoms. The van der Waals surface area contributed by atoms with E-state index in [4.69, 9.17) is 4.74 Å². The van der Waals surface area contributed by atoms with E-state index < -0.39 is 5.82 Å². The lowest BCUT2D eigenvalue weighted by atomic mass is 9.95. The maximum Gasteiger partial charge on any atom is 0.316 e. The van der Waals surface area contributed by atoms with Gasteiger partial charge in [0.15, 0.2) is 0 Å². The zero-order chi connectivity index (χ0) is 24.1. The number of carbonyl (C=O) groups is 1. The van der Waals surface area contributed by atoms with E-state index in [0.717, 1.165) is 11.1 Å². The summed E-state index contributed by atoms with van der Waals surface area (Å²) in [5.41, 5.74) is 2.94. The highest BCUT2D eigenvalue weighted by Crippen LogP contribution is 2.29. The number of amides is 1. The van der Waals surface area contributed by atoms with Gasteiger partial charge in [-0.2, -0.15) is 13.5 Å². The zero-order valence-corrected chi connectivity index (χ0v) is 20.5. The summed E-state index contributed by atoms with van der Waals surface area (Å²) >= 11 is 0. The monoisotopic (exact) mass is 495 g/mol. The molecule has 182 valence electrons. The molecular weight excluding hydrogens is 469 g/mol. The van der Waals surface area contributed by atoms with Crippen molar-refractivity contribution in [2.45, 2.75) is 19.8 Å². The number of rotatable bonds is 8. The third kappa shape index (κ3) is 5.62. The summed E-state index contributed by atoms with van der Waals surface area (Å²) in [6.45, 7) is 4.86. The molecule has 0 radical (unpaired) electrons. The number of carbonyl (C=O) groups excluding carboxylic acids is 1. The van der Waals surface area contributed by atoms with Crippen LogP contribution in [0.1, 0.15) is 35.7 Å². The van der Waals surface area contributed by atoms with Crippen LogP contribution < -0.4 is 15.4 Å². The molecule has 35 heavy (non-hydrogen) atoms. The van der Waals surface area contributed by atoms with E-state index >= 15 is 0 Å². The fraction of sp³-hybridized carbons (Fsp3) is 0.250. The van der Waals surface area contributed by atoms with Crippen LogP contribution in [0.5, 0.6) is 6.01 Å². The number of ether oxygens (including phenoxy) is 1. The smallest absolute Gasteiger partial charge is 0.316 e. The quantitative estimate of drug-likeness (QED) is 0.380. The summed E-state index contributed by atoms with van der Waals surface area (Å²) in [5, 5.41) is 6.06. The molecule has 9 nitrogen and oxygen atoms in total. The van der Waals surface area contributed by atoms with E-state index in [1.54, 1.807) is 24.5 Å². The maximum atomic E-state index is 14.6. The normalized spacial score (nSPS) is 11.4. The first-order valence-electron chi connectivity index (χ1n) is 10.8. The van der Waals surface area contributed by atoms with Crippen molar-refractivity contribution in [3.05, 3.63) is 66.1 Å². The second-order valence-corrected chi connectivity index (χ2v) is 7.56. The second kappa shape index (κ2) is 11.5. The van der Waals surface area contributed by atoms with Crippen molar-refractivity contribution in [1.29, 1.82) is 0 Å². The van der Waals surface area contributed by atoms with Gasteiger partial charge in [-0.1, -0.05) is 13.0 Å². The van der Waals surface area contributed by atoms with Gasteiger partial charge in [0.1, 0.15) is 18.0 Å². The van der Waals surface area contributed by atoms with Crippen molar-refractivity contribution in [3.8, 4) is 17.3 Å². The molecule has 0 saturated carbocycles. The minimum atomic E-state index is -0.483. The third-order valence-electron chi connectivity index (χ3n) is 5.33. The Morgan fingerprint density at radius 2 is 1.89 bits per heavy atom. The van der Waals surface area contributed by atoms with Crippen LogP contribution in [0.15, 0.2) is 49.2 Å². The van der Waals surface area contributed by atoms with Gasteiger partial charge in [-0.25, -0.2) is 24.3 Å². The van der Waals surface area contributed by atoms with Crippen molar-refractivity contribution in [2.24, 2.45) is 0 Å². The maximum absolute atomic E-state index is 14.6. The van der Waals surface area contributed by atoms with Gasteiger partial charge in [0, 0.05) is 55.1 Å². The molecule has 0 aliphatic rings. The molecule has 11 heteroatoms. The average molecular weight is 496 g/mol. The van der Waals surface area contributed by atoms with Crippen molar-refractivity contribution in [2.75, 3.05) is 25.5 Å². The summed E-state index contributed by atoms with van der Waals surface area (Å²) in [6.07, 6.45) is 6.27. The lowest BCUT2D eigenvalue weighted by Gasteiger charge is -2.17. The molecule has 4 aromatic rings. The topological polar surface area (TPSA) is 115 Å². The Morgan fingerprint density at radius 1 is 1.11 bits per heavy atom. The minimum Gasteiger partial charge on any atom is -0.464 e. The Hall–Kier alpha value is -3.86. The first kappa shape index (κ1) is 25.8. The van der Waals surface area contributed by atoms with Crippen LogP contribution in [0.4, 0.5) is 10.2 Å². The first-order valence-corrected chi connectivity index (χ1v) is 10.8. The number of pyridine rings is 1. The largest absolute Gasteiger partial charge is 0.464 e. The van der Waals surface area contributed by atoms with Crippen molar-refractivity contribution in [3.63, 3.8) is 0 Å². The second-order valence-electron chi connectivity index (χ2n) is 7.56. The molecule has 0 saturated heterocycles. The van der Waals surface area contributed by atoms with E-state index in [2.05, 4.69) is 35.6 Å². The van der Waals surface area contributed by atoms with E-state index in [9.17, 15) is 9.18 Å². The van der Waals surface area contributed by atoms with Crippen LogP contribution in [-0.2, 0) is 0 Å². The molecule has 0 spiro atoms. The van der Waals surface area contributed by atoms with Crippen molar-refractivity contribution >= 4 is 36.1 Å². The predicted octanol–water partition coefficient (Wildman–Crippen LogP) is 3.71. The van der Waals surface area contributed by atoms with Crippen LogP contribution in [-0.4, -0.2) is 51.0 Å². The Morgan fingerprint density at radius 3 is 2.60 bits per heavy atom. The van der Waals surface area contributed by atoms with Gasteiger partial charge < -0.3 is 15.4 Å². The zero-order valence-electron chi connectivity index (χ0n) is 19.5. The Bertz CT molecular complexity index is 1320. The molecule has 0 aliphatic heterocycles. The van der Waals surface area contributed by atoms with E-state index in [1.165, 1.54) is 31.7 Å². The molecule has 0 unspecified atom stereocenters. The number of fused-ring (bicyclic) bond motifs is 1. The standard InChI is InChI=1S/C24H24FN7O2.H2S/c1-4-34-24-29-11-15(12-30-24)19-9-20(32-13-31-19)28-10-14(2)16-5-6-18(25)21-17(23(33)26-3)7-8-27-22(16)21;/h5-9,11-14H,4,10H2,1-3H3,(H,26,33)(H,28,31,32);1H2/t14-;/m1./s1. The molecular formula is C24H26FN7O2S. The van der Waals surface area contributed by atoms with Gasteiger partial charge >= 0.3 is 6.01 Å². The number of aromatic nitrogens is 5. The average Bonchev–Trinajstić information content (AvgIpc) is 2.87. The molecule has 4 rings (SSSR count). The SMILES string of the molecule is CCOc1ncc(-c2cc(NC[C@@H](C)c3ccc(F)c4c(C(=O)NC)ccnc34)ncn2)cn1.S. The lowest BCUT2D eigenvalue weighted by Crippen LogP contribution is -2.19. The molecule has 0 fully saturated rings. The van der Waals surface area contributed by atoms with Crippen LogP contribution in [0.2, 0.25) is 0 Å². The summed E-state index contributed by atoms with van der Waals surface area (Å²) in [6, 6.07) is 6.71. The fourth-order valence-electron chi connectivity index (χ4n) is 3.60. The highest BCUT2D eigenvalue weighted by molar-refractivity contribution is 7.59. The molecule has 3 heterocycles. The highest BCUT2D eigenvalue weighted by Gasteiger charge is 2.18. The Balaban J connectivity index is 0.00000342. The number of nitrogens with one attached hydrogen (secondary N) is 2. The van der Waals surface area contributed by atoms with Gasteiger partial charge in [-0.05, 0) is 24.6 Å². The molecule has 1 amide bonds. The highest BCUT2D eigenvalue weighted by atomic mass is 32.1. The summed E-state index contributed by atoms with van der Waals surface area (Å²) in [7, 11) is 1.51. The first-order chi connectivity index (χ1) is 16.5. The molecule has 1 atom stereocenters. The Labute approximate surface area is 209 Å². The number of hydrogen-bond acceptors (Lipinski definition) is 8. The Kier molecular flexibility index (Phi) is 8.48. The molecule has 2 N–H and O–H groups in total. The number of benzene rings is 1. The van der Waals surface area contributed by atoms with Crippen LogP contribution >= 0.6 is 13.5 Å². The van der Waals surface area contributed by atoms with Gasteiger partial charge in [-0.15, -0.1) is 0 Å². The van der Waals surface area contributed by atoms with E-state index in [1.807, 2.05) is 13.8 Å². The summed E-state index contributed by atoms with van der Waals surface area (Å²) in [5.74, 6) is -0.274. The molecule has 1 aromatic carbocycles. The van der Waals surface area contributed by atoms with Gasteiger partial charge in [0.25, 0.3) is 5.91 Å². The lowest BCUT2D eigenvalue weighted by molar-refractivity contribution is 0.0964. The molecule has 0 aliphatic carbocycles. The number of anilines is 1. The van der Waals surface area contributed by atoms with Crippen molar-refractivity contribution < 1.29 is 13.9 Å². The van der Waals surface area contributed by atoms with Crippen LogP contribution in [0.25, 0.3) is 22.2 Å². The van der Waals surface area contributed by atoms with Gasteiger partial charge in [0.05, 0.1) is 23.4 Å². The van der Waals surface area contributed by atoms with E-state index in [-0.39, 0.29) is 36.3 Å². The number of nitrogens with zero attached hydrogens (tertiary/aromatic N) is 5. The third-order valence-corrected chi connectivity index (χ3v) is 5.33. The van der Waals surface area contributed by atoms with Crippen LogP contribution in [0, 0.1) is 5.82 Å². The van der Waals surface area contributed by atoms with Crippen LogP contribution in [0.3, 0.4) is 0 Å². The minimum absolute atomic E-state index is 0. The van der Waals surface area contributed by atoms with Gasteiger partial charge in [-0.3, -0.25) is 9.78 Å². The summed E-state index contributed by atoms with van der Waals surface area (Å²) in [4.78, 5) is 33.5. The predicted molar refractivity (Wildman–Crippen MR) is 137 cm³/mol. The molecule has 3 aromatic heterocycles.